The van der Waals surface area contributed by atoms with Crippen LogP contribution in [-0.4, -0.2) is 5.91 Å². The summed E-state index contributed by atoms with van der Waals surface area (Å²) in [6.45, 7) is 0. The molecule has 0 radical (unpaired) electrons. The lowest BCUT2D eigenvalue weighted by Crippen LogP contribution is -2.27. The van der Waals surface area contributed by atoms with Crippen LogP contribution in [0.4, 0.5) is 5.69 Å². The maximum atomic E-state index is 11.7. The summed E-state index contributed by atoms with van der Waals surface area (Å²) in [5, 5.41) is 1.06. The largest absolute Gasteiger partial charge is 0.295 e. The quantitative estimate of drug-likeness (QED) is 0.619. The third-order valence-electron chi connectivity index (χ3n) is 2.54. The van der Waals surface area contributed by atoms with E-state index in [0.717, 1.165) is 5.56 Å². The van der Waals surface area contributed by atoms with Gasteiger partial charge in [0.2, 0.25) is 0 Å². The third kappa shape index (κ3) is 4.67. The highest BCUT2D eigenvalue weighted by molar-refractivity contribution is 6.41. The Bertz CT molecular complexity index is 649. The van der Waals surface area contributed by atoms with E-state index in [2.05, 4.69) is 10.9 Å². The fourth-order valence-corrected chi connectivity index (χ4v) is 2.47. The lowest BCUT2D eigenvalue weighted by atomic mass is 10.2. The van der Waals surface area contributed by atoms with Gasteiger partial charge in [-0.15, -0.1) is 0 Å². The maximum absolute atomic E-state index is 11.7. The molecule has 0 aliphatic rings. The zero-order chi connectivity index (χ0) is 15.2. The van der Waals surface area contributed by atoms with Crippen LogP contribution in [0.2, 0.25) is 15.1 Å². The van der Waals surface area contributed by atoms with Gasteiger partial charge in [-0.05, 0) is 23.8 Å². The van der Waals surface area contributed by atoms with E-state index in [9.17, 15) is 4.79 Å². The Morgan fingerprint density at radius 1 is 1.00 bits per heavy atom. The van der Waals surface area contributed by atoms with Crippen molar-refractivity contribution in [2.24, 2.45) is 0 Å². The zero-order valence-corrected chi connectivity index (χ0v) is 13.0. The van der Waals surface area contributed by atoms with Crippen LogP contribution in [0.25, 0.3) is 6.08 Å². The molecule has 0 fully saturated rings. The Balaban J connectivity index is 1.97. The van der Waals surface area contributed by atoms with Crippen LogP contribution in [0.3, 0.4) is 0 Å². The summed E-state index contributed by atoms with van der Waals surface area (Å²) < 4.78 is 0. The summed E-state index contributed by atoms with van der Waals surface area (Å²) in [5.41, 5.74) is 6.47. The van der Waals surface area contributed by atoms with Crippen molar-refractivity contribution in [3.05, 3.63) is 69.2 Å². The Morgan fingerprint density at radius 2 is 1.62 bits per heavy atom. The number of anilines is 1. The molecule has 3 nitrogen and oxygen atoms in total. The van der Waals surface area contributed by atoms with Gasteiger partial charge < -0.3 is 0 Å². The standard InChI is InChI=1S/C15H11Cl3N2O/c16-11-8-12(17)15(13(18)9-11)20-19-14(21)7-6-10-4-2-1-3-5-10/h1-9,20H,(H,19,21)/b7-6+. The molecular formula is C15H11Cl3N2O. The van der Waals surface area contributed by atoms with Crippen LogP contribution in [0.15, 0.2) is 48.5 Å². The Morgan fingerprint density at radius 3 is 2.24 bits per heavy atom. The molecule has 108 valence electrons. The summed E-state index contributed by atoms with van der Waals surface area (Å²) in [6.07, 6.45) is 3.10. The number of hydrogen-bond acceptors (Lipinski definition) is 2. The fraction of sp³-hybridized carbons (Fsp3) is 0. The van der Waals surface area contributed by atoms with Gasteiger partial charge in [0.25, 0.3) is 5.91 Å². The number of hydrazine groups is 1. The number of nitrogens with one attached hydrogen (secondary N) is 2. The normalized spacial score (nSPS) is 10.6. The van der Waals surface area contributed by atoms with Gasteiger partial charge in [-0.3, -0.25) is 15.6 Å². The van der Waals surface area contributed by atoms with Gasteiger partial charge in [0.1, 0.15) is 0 Å². The molecule has 0 spiro atoms. The fourth-order valence-electron chi connectivity index (χ4n) is 1.56. The van der Waals surface area contributed by atoms with Crippen LogP contribution in [-0.2, 0) is 4.79 Å². The average Bonchev–Trinajstić information content (AvgIpc) is 2.45. The van der Waals surface area contributed by atoms with Crippen molar-refractivity contribution in [3.8, 4) is 0 Å². The molecular weight excluding hydrogens is 331 g/mol. The summed E-state index contributed by atoms with van der Waals surface area (Å²) in [6, 6.07) is 12.5. The van der Waals surface area contributed by atoms with Gasteiger partial charge in [0.15, 0.2) is 0 Å². The predicted molar refractivity (Wildman–Crippen MR) is 88.7 cm³/mol. The van der Waals surface area contributed by atoms with Crippen molar-refractivity contribution in [2.45, 2.75) is 0 Å². The zero-order valence-electron chi connectivity index (χ0n) is 10.7. The lowest BCUT2D eigenvalue weighted by molar-refractivity contribution is -0.115. The van der Waals surface area contributed by atoms with Crippen molar-refractivity contribution in [1.29, 1.82) is 0 Å². The summed E-state index contributed by atoms with van der Waals surface area (Å²) in [5.74, 6) is -0.332. The molecule has 0 aliphatic carbocycles. The molecule has 0 heterocycles. The first kappa shape index (κ1) is 15.7. The topological polar surface area (TPSA) is 41.1 Å². The first-order chi connectivity index (χ1) is 10.1. The van der Waals surface area contributed by atoms with Crippen molar-refractivity contribution < 1.29 is 4.79 Å². The number of halogens is 3. The van der Waals surface area contributed by atoms with E-state index in [1.54, 1.807) is 6.08 Å². The van der Waals surface area contributed by atoms with Crippen LogP contribution in [0, 0.1) is 0 Å². The summed E-state index contributed by atoms with van der Waals surface area (Å²) >= 11 is 17.8. The van der Waals surface area contributed by atoms with Gasteiger partial charge in [-0.1, -0.05) is 65.1 Å². The molecule has 2 aromatic carbocycles. The van der Waals surface area contributed by atoms with Gasteiger partial charge in [-0.25, -0.2) is 0 Å². The van der Waals surface area contributed by atoms with Gasteiger partial charge in [-0.2, -0.15) is 0 Å². The highest BCUT2D eigenvalue weighted by Crippen LogP contribution is 2.32. The molecule has 0 bridgehead atoms. The average molecular weight is 342 g/mol. The van der Waals surface area contributed by atoms with Crippen molar-refractivity contribution >= 4 is 52.5 Å². The summed E-state index contributed by atoms with van der Waals surface area (Å²) in [4.78, 5) is 11.7. The first-order valence-corrected chi connectivity index (χ1v) is 7.13. The van der Waals surface area contributed by atoms with Gasteiger partial charge in [0.05, 0.1) is 15.7 Å². The molecule has 0 unspecified atom stereocenters. The highest BCUT2D eigenvalue weighted by atomic mass is 35.5. The van der Waals surface area contributed by atoms with E-state index in [-0.39, 0.29) is 5.91 Å². The van der Waals surface area contributed by atoms with Gasteiger partial charge in [0, 0.05) is 11.1 Å². The van der Waals surface area contributed by atoms with Crippen molar-refractivity contribution in [2.75, 3.05) is 5.43 Å². The van der Waals surface area contributed by atoms with Gasteiger partial charge >= 0.3 is 0 Å². The molecule has 0 aliphatic heterocycles. The smallest absolute Gasteiger partial charge is 0.262 e. The molecule has 0 saturated heterocycles. The monoisotopic (exact) mass is 340 g/mol. The minimum atomic E-state index is -0.332. The highest BCUT2D eigenvalue weighted by Gasteiger charge is 2.07. The molecule has 2 aromatic rings. The maximum Gasteiger partial charge on any atom is 0.262 e. The molecule has 0 aromatic heterocycles. The van der Waals surface area contributed by atoms with Crippen LogP contribution < -0.4 is 10.9 Å². The molecule has 6 heteroatoms. The van der Waals surface area contributed by atoms with E-state index in [1.807, 2.05) is 30.3 Å². The lowest BCUT2D eigenvalue weighted by Gasteiger charge is -2.10. The minimum Gasteiger partial charge on any atom is -0.295 e. The predicted octanol–water partition coefficient (Wildman–Crippen LogP) is 4.80. The Kier molecular flexibility index (Phi) is 5.51. The Labute approximate surface area is 137 Å². The van der Waals surface area contributed by atoms with Crippen molar-refractivity contribution in [1.82, 2.24) is 5.43 Å². The number of amides is 1. The number of hydrogen-bond donors (Lipinski definition) is 2. The van der Waals surface area contributed by atoms with E-state index in [1.165, 1.54) is 18.2 Å². The van der Waals surface area contributed by atoms with Crippen LogP contribution in [0.1, 0.15) is 5.56 Å². The summed E-state index contributed by atoms with van der Waals surface area (Å²) in [7, 11) is 0. The second-order valence-electron chi connectivity index (χ2n) is 4.10. The van der Waals surface area contributed by atoms with E-state index in [0.29, 0.717) is 20.8 Å². The first-order valence-electron chi connectivity index (χ1n) is 6.00. The second kappa shape index (κ2) is 7.36. The minimum absolute atomic E-state index is 0.319. The van der Waals surface area contributed by atoms with E-state index in [4.69, 9.17) is 34.8 Å². The van der Waals surface area contributed by atoms with Crippen LogP contribution >= 0.6 is 34.8 Å². The molecule has 1 amide bonds. The molecule has 0 saturated carbocycles. The second-order valence-corrected chi connectivity index (χ2v) is 5.35. The molecule has 2 N–H and O–H groups in total. The molecule has 2 rings (SSSR count). The Hall–Kier alpha value is -1.68. The number of rotatable bonds is 4. The number of benzene rings is 2. The SMILES string of the molecule is O=C(/C=C/c1ccccc1)NNc1c(Cl)cc(Cl)cc1Cl. The van der Waals surface area contributed by atoms with Crippen molar-refractivity contribution in [3.63, 3.8) is 0 Å². The molecule has 21 heavy (non-hydrogen) atoms. The third-order valence-corrected chi connectivity index (χ3v) is 3.36. The number of carbonyl (C=O) groups excluding carboxylic acids is 1. The number of carbonyl (C=O) groups is 1. The van der Waals surface area contributed by atoms with Crippen LogP contribution in [0.5, 0.6) is 0 Å². The van der Waals surface area contributed by atoms with E-state index < -0.39 is 0 Å². The molecule has 0 atom stereocenters. The van der Waals surface area contributed by atoms with E-state index >= 15 is 0 Å².